The standard InChI is InChI=1S/C61H118O5/c1-4-7-10-13-16-19-22-25-28-30-31-32-34-37-40-43-46-49-52-55-61(63)66-59(57-64-56-53-50-47-44-41-38-35-29-26-23-20-17-14-11-8-5-2)58-65-60(62)54-51-48-45-42-39-36-33-27-24-21-18-15-12-9-6-3/h21,24,59H,4-20,22-23,25-58H2,1-3H3/b24-21-/t59-/m1/s1. The van der Waals surface area contributed by atoms with Crippen molar-refractivity contribution in [3.8, 4) is 0 Å². The van der Waals surface area contributed by atoms with E-state index in [0.29, 0.717) is 26.1 Å². The monoisotopic (exact) mass is 931 g/mol. The molecule has 5 heteroatoms. The van der Waals surface area contributed by atoms with E-state index in [2.05, 4.69) is 32.9 Å². The van der Waals surface area contributed by atoms with Crippen LogP contribution in [0.3, 0.4) is 0 Å². The fourth-order valence-corrected chi connectivity index (χ4v) is 9.27. The van der Waals surface area contributed by atoms with Crippen molar-refractivity contribution in [2.45, 2.75) is 348 Å². The molecule has 0 amide bonds. The molecule has 0 rings (SSSR count). The van der Waals surface area contributed by atoms with Crippen molar-refractivity contribution >= 4 is 11.9 Å². The summed E-state index contributed by atoms with van der Waals surface area (Å²) in [5.41, 5.74) is 0. The molecule has 392 valence electrons. The topological polar surface area (TPSA) is 61.8 Å². The Morgan fingerprint density at radius 3 is 0.939 bits per heavy atom. The lowest BCUT2D eigenvalue weighted by atomic mass is 10.0. The maximum atomic E-state index is 12.9. The van der Waals surface area contributed by atoms with Crippen molar-refractivity contribution in [3.05, 3.63) is 12.2 Å². The van der Waals surface area contributed by atoms with Crippen molar-refractivity contribution in [3.63, 3.8) is 0 Å². The summed E-state index contributed by atoms with van der Waals surface area (Å²) in [6.45, 7) is 7.90. The van der Waals surface area contributed by atoms with Crippen molar-refractivity contribution < 1.29 is 23.8 Å². The van der Waals surface area contributed by atoms with Crippen molar-refractivity contribution in [1.29, 1.82) is 0 Å². The summed E-state index contributed by atoms with van der Waals surface area (Å²) in [4.78, 5) is 25.5. The lowest BCUT2D eigenvalue weighted by Crippen LogP contribution is -2.30. The van der Waals surface area contributed by atoms with E-state index in [4.69, 9.17) is 14.2 Å². The van der Waals surface area contributed by atoms with Gasteiger partial charge < -0.3 is 14.2 Å². The normalized spacial score (nSPS) is 12.1. The predicted molar refractivity (Wildman–Crippen MR) is 289 cm³/mol. The van der Waals surface area contributed by atoms with Gasteiger partial charge in [0.1, 0.15) is 6.61 Å². The lowest BCUT2D eigenvalue weighted by molar-refractivity contribution is -0.163. The van der Waals surface area contributed by atoms with E-state index in [0.717, 1.165) is 32.1 Å². The molecule has 0 unspecified atom stereocenters. The van der Waals surface area contributed by atoms with E-state index in [1.165, 1.54) is 276 Å². The Hall–Kier alpha value is -1.36. The molecular formula is C61H118O5. The Bertz CT molecular complexity index is 963. The molecule has 0 bridgehead atoms. The molecule has 0 aromatic heterocycles. The van der Waals surface area contributed by atoms with Crippen LogP contribution in [0.25, 0.3) is 0 Å². The van der Waals surface area contributed by atoms with Crippen LogP contribution < -0.4 is 0 Å². The molecule has 1 atom stereocenters. The van der Waals surface area contributed by atoms with Crippen molar-refractivity contribution in [1.82, 2.24) is 0 Å². The molecule has 0 aliphatic rings. The van der Waals surface area contributed by atoms with E-state index in [-0.39, 0.29) is 18.5 Å². The summed E-state index contributed by atoms with van der Waals surface area (Å²) >= 11 is 0. The molecule has 0 aromatic rings. The molecule has 66 heavy (non-hydrogen) atoms. The second-order valence-electron chi connectivity index (χ2n) is 20.6. The molecule has 0 aliphatic heterocycles. The van der Waals surface area contributed by atoms with Crippen LogP contribution in [-0.4, -0.2) is 37.9 Å². The van der Waals surface area contributed by atoms with Crippen LogP contribution in [0, 0.1) is 0 Å². The number of carbonyl (C=O) groups excluding carboxylic acids is 2. The molecule has 0 heterocycles. The Morgan fingerprint density at radius 1 is 0.318 bits per heavy atom. The first kappa shape index (κ1) is 64.6. The smallest absolute Gasteiger partial charge is 0.306 e. The fraction of sp³-hybridized carbons (Fsp3) is 0.934. The third-order valence-electron chi connectivity index (χ3n) is 13.8. The highest BCUT2D eigenvalue weighted by atomic mass is 16.6. The van der Waals surface area contributed by atoms with E-state index < -0.39 is 6.10 Å². The van der Waals surface area contributed by atoms with Crippen LogP contribution in [0.15, 0.2) is 12.2 Å². The number of hydrogen-bond donors (Lipinski definition) is 0. The number of carbonyl (C=O) groups is 2. The number of unbranched alkanes of at least 4 members (excludes halogenated alkanes) is 44. The fourth-order valence-electron chi connectivity index (χ4n) is 9.27. The third-order valence-corrected chi connectivity index (χ3v) is 13.8. The van der Waals surface area contributed by atoms with Gasteiger partial charge in [-0.15, -0.1) is 0 Å². The summed E-state index contributed by atoms with van der Waals surface area (Å²) in [5.74, 6) is -0.374. The van der Waals surface area contributed by atoms with Gasteiger partial charge in [-0.2, -0.15) is 0 Å². The molecule has 0 N–H and O–H groups in total. The summed E-state index contributed by atoms with van der Waals surface area (Å²) < 4.78 is 17.5. The highest BCUT2D eigenvalue weighted by molar-refractivity contribution is 5.70. The molecule has 5 nitrogen and oxygen atoms in total. The first-order chi connectivity index (χ1) is 32.6. The zero-order valence-electron chi connectivity index (χ0n) is 45.2. The second kappa shape index (κ2) is 58.0. The first-order valence-corrected chi connectivity index (χ1v) is 30.2. The Morgan fingerprint density at radius 2 is 0.591 bits per heavy atom. The molecule has 0 spiro atoms. The predicted octanol–water partition coefficient (Wildman–Crippen LogP) is 20.6. The second-order valence-corrected chi connectivity index (χ2v) is 20.6. The van der Waals surface area contributed by atoms with Gasteiger partial charge in [0.15, 0.2) is 6.10 Å². The Labute approximate surface area is 414 Å². The first-order valence-electron chi connectivity index (χ1n) is 30.2. The maximum absolute atomic E-state index is 12.9. The maximum Gasteiger partial charge on any atom is 0.306 e. The molecule has 0 aliphatic carbocycles. The quantitative estimate of drug-likeness (QED) is 0.0345. The number of esters is 2. The lowest BCUT2D eigenvalue weighted by Gasteiger charge is -2.18. The minimum atomic E-state index is -0.529. The van der Waals surface area contributed by atoms with Crippen LogP contribution in [0.2, 0.25) is 0 Å². The van der Waals surface area contributed by atoms with Gasteiger partial charge >= 0.3 is 11.9 Å². The van der Waals surface area contributed by atoms with Gasteiger partial charge in [-0.25, -0.2) is 0 Å². The Balaban J connectivity index is 4.19. The van der Waals surface area contributed by atoms with Crippen LogP contribution in [0.5, 0.6) is 0 Å². The van der Waals surface area contributed by atoms with Gasteiger partial charge in [-0.3, -0.25) is 9.59 Å². The number of rotatable bonds is 57. The average Bonchev–Trinajstić information content (AvgIpc) is 3.32. The minimum Gasteiger partial charge on any atom is -0.462 e. The van der Waals surface area contributed by atoms with E-state index in [1.807, 2.05) is 0 Å². The number of ether oxygens (including phenoxy) is 3. The van der Waals surface area contributed by atoms with E-state index in [9.17, 15) is 9.59 Å². The van der Waals surface area contributed by atoms with Gasteiger partial charge in [-0.1, -0.05) is 296 Å². The minimum absolute atomic E-state index is 0.0932. The van der Waals surface area contributed by atoms with Crippen LogP contribution in [-0.2, 0) is 23.8 Å². The zero-order chi connectivity index (χ0) is 47.7. The van der Waals surface area contributed by atoms with Gasteiger partial charge in [0, 0.05) is 19.4 Å². The molecule has 0 saturated carbocycles. The average molecular weight is 932 g/mol. The molecule has 0 aromatic carbocycles. The molecule has 0 saturated heterocycles. The highest BCUT2D eigenvalue weighted by Gasteiger charge is 2.18. The number of allylic oxidation sites excluding steroid dienone is 2. The van der Waals surface area contributed by atoms with Crippen LogP contribution in [0.4, 0.5) is 0 Å². The molecule has 0 fully saturated rings. The summed E-state index contributed by atoms with van der Waals surface area (Å²) in [7, 11) is 0. The number of hydrogen-bond acceptors (Lipinski definition) is 5. The van der Waals surface area contributed by atoms with E-state index in [1.54, 1.807) is 0 Å². The summed E-state index contributed by atoms with van der Waals surface area (Å²) in [6.07, 6.45) is 68.1. The van der Waals surface area contributed by atoms with Gasteiger partial charge in [-0.05, 0) is 44.9 Å². The van der Waals surface area contributed by atoms with E-state index >= 15 is 0 Å². The summed E-state index contributed by atoms with van der Waals surface area (Å²) in [6, 6.07) is 0. The van der Waals surface area contributed by atoms with Crippen LogP contribution >= 0.6 is 0 Å². The highest BCUT2D eigenvalue weighted by Crippen LogP contribution is 2.17. The summed E-state index contributed by atoms with van der Waals surface area (Å²) in [5, 5.41) is 0. The zero-order valence-corrected chi connectivity index (χ0v) is 45.2. The van der Waals surface area contributed by atoms with Crippen molar-refractivity contribution in [2.24, 2.45) is 0 Å². The van der Waals surface area contributed by atoms with Gasteiger partial charge in [0.25, 0.3) is 0 Å². The molecular weight excluding hydrogens is 813 g/mol. The SMILES string of the molecule is CCCCCC/C=C\CCCCCCCCCC(=O)OC[C@@H](COCCCCCCCCCCCCCCCCCC)OC(=O)CCCCCCCCCCCCCCCCCCCCC. The van der Waals surface area contributed by atoms with Crippen LogP contribution in [0.1, 0.15) is 342 Å². The van der Waals surface area contributed by atoms with Crippen molar-refractivity contribution in [2.75, 3.05) is 19.8 Å². The Kier molecular flexibility index (Phi) is 56.8. The largest absolute Gasteiger partial charge is 0.462 e. The third kappa shape index (κ3) is 55.2. The van der Waals surface area contributed by atoms with Gasteiger partial charge in [0.05, 0.1) is 6.61 Å². The molecule has 0 radical (unpaired) electrons. The van der Waals surface area contributed by atoms with Gasteiger partial charge in [0.2, 0.25) is 0 Å².